The Morgan fingerprint density at radius 3 is 1.05 bits per heavy atom. The molecule has 0 N–H and O–H groups in total. The minimum atomic E-state index is 0. The summed E-state index contributed by atoms with van der Waals surface area (Å²) in [6, 6.07) is 57.3. The number of hydrogen-bond donors (Lipinski definition) is 0. The van der Waals surface area contributed by atoms with Crippen LogP contribution in [0.3, 0.4) is 0 Å². The van der Waals surface area contributed by atoms with Crippen LogP contribution in [0.2, 0.25) is 0 Å². The first-order valence-corrected chi connectivity index (χ1v) is 29.9. The van der Waals surface area contributed by atoms with Crippen molar-refractivity contribution in [1.29, 1.82) is 0 Å². The van der Waals surface area contributed by atoms with Crippen LogP contribution in [0.15, 0.2) is 183 Å². The summed E-state index contributed by atoms with van der Waals surface area (Å²) in [5.74, 6) is 1.78. The first kappa shape index (κ1) is 63.0. The number of methoxy groups -OCH3 is 2. The summed E-state index contributed by atoms with van der Waals surface area (Å²) in [5, 5.41) is 10.1. The second kappa shape index (κ2) is 26.1. The van der Waals surface area contributed by atoms with Crippen LogP contribution >= 0.6 is 0 Å². The molecule has 4 aromatic heterocycles. The number of aryl methyl sites for hydroxylation is 4. The molecule has 0 unspecified atom stereocenters. The van der Waals surface area contributed by atoms with Gasteiger partial charge in [0.05, 0.1) is 47.2 Å². The molecule has 10 heteroatoms. The first-order chi connectivity index (χ1) is 41.2. The summed E-state index contributed by atoms with van der Waals surface area (Å²) in [5.41, 5.74) is 27.9. The van der Waals surface area contributed by atoms with Crippen molar-refractivity contribution in [1.82, 2.24) is 0 Å². The van der Waals surface area contributed by atoms with Crippen molar-refractivity contribution in [2.24, 2.45) is 0 Å². The highest BCUT2D eigenvalue weighted by atomic mass is 127. The van der Waals surface area contributed by atoms with E-state index in [4.69, 9.17) is 9.47 Å². The fourth-order valence-electron chi connectivity index (χ4n) is 14.4. The lowest BCUT2D eigenvalue weighted by atomic mass is 9.79. The van der Waals surface area contributed by atoms with Gasteiger partial charge in [-0.05, 0) is 175 Å². The Hall–Kier alpha value is -6.60. The molecule has 4 aliphatic rings. The third-order valence-electron chi connectivity index (χ3n) is 19.1. The molecule has 0 amide bonds. The number of pyridine rings is 4. The van der Waals surface area contributed by atoms with Gasteiger partial charge in [-0.15, -0.1) is 0 Å². The van der Waals surface area contributed by atoms with Gasteiger partial charge in [0.1, 0.15) is 11.5 Å². The quantitative estimate of drug-likeness (QED) is 0.189. The van der Waals surface area contributed by atoms with E-state index >= 15 is 0 Å². The zero-order valence-corrected chi connectivity index (χ0v) is 59.0. The molecule has 0 aliphatic carbocycles. The number of rotatable bonds is 6. The van der Waals surface area contributed by atoms with Gasteiger partial charge in [0.25, 0.3) is 0 Å². The van der Waals surface area contributed by atoms with Crippen LogP contribution in [0.4, 0.5) is 0 Å². The maximum Gasteiger partial charge on any atom is 0.221 e. The number of hydrogen-bond acceptors (Lipinski definition) is 2. The summed E-state index contributed by atoms with van der Waals surface area (Å²) in [6.07, 6.45) is 22.4. The molecule has 6 nitrogen and oxygen atoms in total. The summed E-state index contributed by atoms with van der Waals surface area (Å²) in [7, 11) is 3.43. The molecule has 16 rings (SSSR count). The molecular weight excluding hydrogens is 1530 g/mol. The Balaban J connectivity index is 0.000000174. The van der Waals surface area contributed by atoms with Gasteiger partial charge in [-0.3, -0.25) is 0 Å². The van der Waals surface area contributed by atoms with Crippen LogP contribution in [0, 0.1) is 27.7 Å². The van der Waals surface area contributed by atoms with E-state index in [0.717, 1.165) is 63.4 Å². The van der Waals surface area contributed by atoms with Crippen LogP contribution < -0.4 is 124 Å². The highest BCUT2D eigenvalue weighted by molar-refractivity contribution is 6.01. The molecule has 0 radical (unpaired) electrons. The second-order valence-electron chi connectivity index (χ2n) is 23.5. The molecule has 8 heterocycles. The van der Waals surface area contributed by atoms with Crippen molar-refractivity contribution in [3.63, 3.8) is 0 Å². The zero-order valence-electron chi connectivity index (χ0n) is 50.4. The van der Waals surface area contributed by atoms with E-state index in [0.29, 0.717) is 0 Å². The highest BCUT2D eigenvalue weighted by Crippen LogP contribution is 2.47. The third-order valence-corrected chi connectivity index (χ3v) is 19.1. The Labute approximate surface area is 584 Å². The number of aromatic nitrogens is 4. The van der Waals surface area contributed by atoms with Crippen molar-refractivity contribution in [2.45, 2.75) is 79.6 Å². The summed E-state index contributed by atoms with van der Waals surface area (Å²) >= 11 is 0. The van der Waals surface area contributed by atoms with Crippen LogP contribution in [0.1, 0.15) is 66.8 Å². The molecule has 4 aliphatic heterocycles. The zero-order chi connectivity index (χ0) is 56.7. The van der Waals surface area contributed by atoms with Gasteiger partial charge in [-0.2, -0.15) is 18.3 Å². The number of fused-ring (bicyclic) bond motifs is 20. The van der Waals surface area contributed by atoms with E-state index < -0.39 is 0 Å². The molecule has 0 saturated heterocycles. The van der Waals surface area contributed by atoms with Crippen molar-refractivity contribution in [2.75, 3.05) is 14.2 Å². The Morgan fingerprint density at radius 1 is 0.318 bits per heavy atom. The van der Waals surface area contributed by atoms with E-state index in [1.807, 2.05) is 12.1 Å². The van der Waals surface area contributed by atoms with Crippen molar-refractivity contribution in [3.05, 3.63) is 249 Å². The van der Waals surface area contributed by atoms with Gasteiger partial charge >= 0.3 is 0 Å². The second-order valence-corrected chi connectivity index (χ2v) is 23.5. The molecular formula is C78H68I4N4O2. The van der Waals surface area contributed by atoms with Crippen LogP contribution in [-0.4, -0.2) is 14.2 Å². The lowest BCUT2D eigenvalue weighted by Crippen LogP contribution is -3.00. The van der Waals surface area contributed by atoms with Gasteiger partial charge < -0.3 is 105 Å². The standard InChI is InChI=1S/2C39H34N2O.4HI/c2*1-25-26(2)34-17-21-41-19-15-29-6-4-5-7-35(29)39(41)38(34)37-33(25)16-20-40-18-14-28(23-36(37)40)9-8-27-10-11-31-24-32(42-3)13-12-30(31)22-27;;;;/h2*4-15,18-19,22-24H,16-17,20-21H2,1-3H3;4*1H/q2*+2;;;;/p-4/b2*9-8+;;;;. The first-order valence-electron chi connectivity index (χ1n) is 29.9. The van der Waals surface area contributed by atoms with E-state index in [1.54, 1.807) is 14.2 Å². The Kier molecular flexibility index (Phi) is 18.7. The Bertz CT molecular complexity index is 4530. The molecule has 440 valence electrons. The summed E-state index contributed by atoms with van der Waals surface area (Å²) < 4.78 is 20.7. The van der Waals surface area contributed by atoms with Gasteiger partial charge in [0.15, 0.2) is 51.0 Å². The number of nitrogens with zero attached hydrogens (tertiary/aromatic N) is 4. The fraction of sp³-hybridized carbons (Fsp3) is 0.179. The van der Waals surface area contributed by atoms with Crippen molar-refractivity contribution in [3.8, 4) is 56.5 Å². The molecule has 0 fully saturated rings. The monoisotopic (exact) mass is 1600 g/mol. The lowest BCUT2D eigenvalue weighted by Gasteiger charge is -2.27. The smallest absolute Gasteiger partial charge is 0.221 e. The predicted octanol–water partition coefficient (Wildman–Crippen LogP) is 3.64. The molecule has 0 atom stereocenters. The molecule has 12 aromatic rings. The van der Waals surface area contributed by atoms with E-state index in [2.05, 4.69) is 241 Å². The minimum Gasteiger partial charge on any atom is -1.00 e. The average molecular weight is 1600 g/mol. The molecule has 0 spiro atoms. The third kappa shape index (κ3) is 11.1. The van der Waals surface area contributed by atoms with E-state index in [-0.39, 0.29) is 95.9 Å². The lowest BCUT2D eigenvalue weighted by molar-refractivity contribution is -0.689. The van der Waals surface area contributed by atoms with Crippen LogP contribution in [-0.2, 0) is 51.9 Å². The SMILES string of the molecule is COc1ccc2cc(/C=C/c3cc[n+]4c(c3)-c3c(c(C)c(C)c5c3-c3c6ccccc6cc[n+]3CC5)CC4)ccc2c1.COc1ccc2cc(/C=C/c3cc[n+]4c(c3)-c3c(c(C)c(C)c5c3-c3c6ccccc6cc[n+]3CC5)CC4)ccc2c1.[I-].[I-].[I-].[I-]. The summed E-state index contributed by atoms with van der Waals surface area (Å²) in [6.45, 7) is 13.4. The molecule has 0 bridgehead atoms. The molecule has 0 saturated carbocycles. The number of ether oxygens (including phenoxy) is 2. The predicted molar refractivity (Wildman–Crippen MR) is 343 cm³/mol. The largest absolute Gasteiger partial charge is 1.00 e. The van der Waals surface area contributed by atoms with Gasteiger partial charge in [-0.1, -0.05) is 97.1 Å². The molecule has 88 heavy (non-hydrogen) atoms. The number of halogens is 4. The molecule has 8 aromatic carbocycles. The number of benzene rings is 8. The Morgan fingerprint density at radius 2 is 0.648 bits per heavy atom. The van der Waals surface area contributed by atoms with Crippen molar-refractivity contribution < 1.29 is 124 Å². The summed E-state index contributed by atoms with van der Waals surface area (Å²) in [4.78, 5) is 0. The van der Waals surface area contributed by atoms with Crippen molar-refractivity contribution >= 4 is 67.4 Å². The fourth-order valence-corrected chi connectivity index (χ4v) is 14.4. The van der Waals surface area contributed by atoms with Crippen LogP contribution in [0.5, 0.6) is 11.5 Å². The van der Waals surface area contributed by atoms with Crippen LogP contribution in [0.25, 0.3) is 112 Å². The average Bonchev–Trinajstić information content (AvgIpc) is 0.990. The van der Waals surface area contributed by atoms with E-state index in [9.17, 15) is 0 Å². The van der Waals surface area contributed by atoms with E-state index in [1.165, 1.54) is 155 Å². The minimum absolute atomic E-state index is 0. The maximum absolute atomic E-state index is 5.40. The van der Waals surface area contributed by atoms with Gasteiger partial charge in [0.2, 0.25) is 22.8 Å². The maximum atomic E-state index is 5.40. The topological polar surface area (TPSA) is 34.0 Å². The normalized spacial score (nSPS) is 13.0. The van der Waals surface area contributed by atoms with Gasteiger partial charge in [-0.25, -0.2) is 0 Å². The highest BCUT2D eigenvalue weighted by Gasteiger charge is 2.39. The van der Waals surface area contributed by atoms with Gasteiger partial charge in [0, 0.05) is 62.1 Å².